The maximum absolute atomic E-state index is 13.4. The van der Waals surface area contributed by atoms with Gasteiger partial charge in [0.1, 0.15) is 5.65 Å². The number of carbonyl (C=O) groups excluding carboxylic acids is 1. The van der Waals surface area contributed by atoms with E-state index in [0.717, 1.165) is 29.1 Å². The normalized spacial score (nSPS) is 14.7. The Morgan fingerprint density at radius 3 is 2.35 bits per heavy atom. The molecular weight excluding hydrogens is 541 g/mol. The largest absolute Gasteiger partial charge is 0.459 e. The van der Waals surface area contributed by atoms with E-state index in [1.807, 2.05) is 28.8 Å². The van der Waals surface area contributed by atoms with Crippen molar-refractivity contribution in [2.45, 2.75) is 12.7 Å². The minimum Gasteiger partial charge on any atom is -0.459 e. The van der Waals surface area contributed by atoms with Gasteiger partial charge in [0, 0.05) is 49.5 Å². The lowest BCUT2D eigenvalue weighted by Gasteiger charge is -2.34. The van der Waals surface area contributed by atoms with Crippen molar-refractivity contribution < 1.29 is 22.4 Å². The fraction of sp³-hybridized carbons (Fsp3) is 0.200. The van der Waals surface area contributed by atoms with Crippen LogP contribution in [-0.2, 0) is 12.7 Å². The summed E-state index contributed by atoms with van der Waals surface area (Å²) >= 11 is 6.13. The minimum atomic E-state index is -4.43. The molecule has 1 saturated heterocycles. The molecule has 0 atom stereocenters. The number of rotatable bonds is 5. The van der Waals surface area contributed by atoms with Crippen molar-refractivity contribution >= 4 is 23.2 Å². The van der Waals surface area contributed by atoms with Gasteiger partial charge in [-0.3, -0.25) is 9.69 Å². The first-order valence-corrected chi connectivity index (χ1v) is 13.1. The number of imidazole rings is 1. The standard InChI is InChI=1S/C30H24ClF3N4O2/c31-24-9-6-20(7-10-24)28-25(19-36-12-14-37(15-13-36)29(39)26-5-2-16-40-26)38-18-22(8-11-27(38)35-28)21-3-1-4-23(17-21)30(32,33)34/h1-11,16-18H,12-15,19H2. The van der Waals surface area contributed by atoms with Gasteiger partial charge in [-0.25, -0.2) is 4.98 Å². The number of nitrogens with zero attached hydrogens (tertiary/aromatic N) is 4. The molecule has 1 aliphatic rings. The molecule has 1 amide bonds. The van der Waals surface area contributed by atoms with E-state index >= 15 is 0 Å². The van der Waals surface area contributed by atoms with Crippen molar-refractivity contribution in [3.63, 3.8) is 0 Å². The Hall–Kier alpha value is -4.08. The number of aromatic nitrogens is 2. The zero-order valence-electron chi connectivity index (χ0n) is 21.2. The van der Waals surface area contributed by atoms with Crippen molar-refractivity contribution in [2.24, 2.45) is 0 Å². The van der Waals surface area contributed by atoms with Crippen LogP contribution in [0.25, 0.3) is 28.0 Å². The Morgan fingerprint density at radius 2 is 1.65 bits per heavy atom. The smallest absolute Gasteiger partial charge is 0.416 e. The Bertz CT molecular complexity index is 1660. The molecule has 0 aliphatic carbocycles. The van der Waals surface area contributed by atoms with Gasteiger partial charge < -0.3 is 13.7 Å². The Kier molecular flexibility index (Phi) is 6.85. The molecule has 0 bridgehead atoms. The summed E-state index contributed by atoms with van der Waals surface area (Å²) in [4.78, 5) is 21.6. The van der Waals surface area contributed by atoms with Crippen LogP contribution < -0.4 is 0 Å². The zero-order valence-corrected chi connectivity index (χ0v) is 22.0. The molecule has 204 valence electrons. The minimum absolute atomic E-state index is 0.132. The number of alkyl halides is 3. The third-order valence-corrected chi connectivity index (χ3v) is 7.38. The van der Waals surface area contributed by atoms with E-state index in [9.17, 15) is 18.0 Å². The molecule has 6 rings (SSSR count). The summed E-state index contributed by atoms with van der Waals surface area (Å²) in [6.07, 6.45) is -1.11. The first kappa shape index (κ1) is 26.2. The van der Waals surface area contributed by atoms with Crippen LogP contribution in [0.4, 0.5) is 13.2 Å². The topological polar surface area (TPSA) is 54.0 Å². The van der Waals surface area contributed by atoms with E-state index in [1.54, 1.807) is 41.3 Å². The molecule has 40 heavy (non-hydrogen) atoms. The Labute approximate surface area is 233 Å². The highest BCUT2D eigenvalue weighted by Gasteiger charge is 2.30. The van der Waals surface area contributed by atoms with Gasteiger partial charge in [0.15, 0.2) is 5.76 Å². The first-order valence-electron chi connectivity index (χ1n) is 12.8. The molecule has 5 aromatic rings. The predicted octanol–water partition coefficient (Wildman–Crippen LogP) is 6.89. The highest BCUT2D eigenvalue weighted by molar-refractivity contribution is 6.30. The average molecular weight is 565 g/mol. The van der Waals surface area contributed by atoms with Crippen LogP contribution in [0, 0.1) is 0 Å². The van der Waals surface area contributed by atoms with Crippen LogP contribution in [0.3, 0.4) is 0 Å². The lowest BCUT2D eigenvalue weighted by molar-refractivity contribution is -0.137. The number of pyridine rings is 1. The van der Waals surface area contributed by atoms with Crippen LogP contribution >= 0.6 is 11.6 Å². The van der Waals surface area contributed by atoms with Crippen LogP contribution in [0.1, 0.15) is 21.8 Å². The molecule has 0 radical (unpaired) electrons. The summed E-state index contributed by atoms with van der Waals surface area (Å²) in [7, 11) is 0. The van der Waals surface area contributed by atoms with E-state index < -0.39 is 11.7 Å². The van der Waals surface area contributed by atoms with Gasteiger partial charge in [0.05, 0.1) is 23.2 Å². The predicted molar refractivity (Wildman–Crippen MR) is 146 cm³/mol. The molecule has 0 N–H and O–H groups in total. The van der Waals surface area contributed by atoms with Gasteiger partial charge in [0.25, 0.3) is 5.91 Å². The molecule has 0 spiro atoms. The van der Waals surface area contributed by atoms with Gasteiger partial charge in [0.2, 0.25) is 0 Å². The third-order valence-electron chi connectivity index (χ3n) is 7.12. The number of amides is 1. The van der Waals surface area contributed by atoms with E-state index in [4.69, 9.17) is 21.0 Å². The van der Waals surface area contributed by atoms with Crippen LogP contribution in [-0.4, -0.2) is 51.3 Å². The molecule has 0 unspecified atom stereocenters. The number of furan rings is 1. The summed E-state index contributed by atoms with van der Waals surface area (Å²) in [5, 5.41) is 0.609. The fourth-order valence-corrected chi connectivity index (χ4v) is 5.13. The number of halogens is 4. The molecule has 6 nitrogen and oxygen atoms in total. The fourth-order valence-electron chi connectivity index (χ4n) is 5.01. The highest BCUT2D eigenvalue weighted by atomic mass is 35.5. The Morgan fingerprint density at radius 1 is 0.900 bits per heavy atom. The lowest BCUT2D eigenvalue weighted by atomic mass is 10.0. The SMILES string of the molecule is O=C(c1ccco1)N1CCN(Cc2c(-c3ccc(Cl)cc3)nc3ccc(-c4cccc(C(F)(F)F)c4)cn23)CC1. The van der Waals surface area contributed by atoms with E-state index in [2.05, 4.69) is 4.90 Å². The second-order valence-corrected chi connectivity index (χ2v) is 10.1. The van der Waals surface area contributed by atoms with Gasteiger partial charge in [-0.15, -0.1) is 0 Å². The molecule has 3 aromatic heterocycles. The van der Waals surface area contributed by atoms with Crippen molar-refractivity contribution in [2.75, 3.05) is 26.2 Å². The van der Waals surface area contributed by atoms with Crippen LogP contribution in [0.5, 0.6) is 0 Å². The maximum Gasteiger partial charge on any atom is 0.416 e. The molecule has 10 heteroatoms. The number of hydrogen-bond acceptors (Lipinski definition) is 4. The van der Waals surface area contributed by atoms with E-state index in [1.165, 1.54) is 12.3 Å². The van der Waals surface area contributed by atoms with Crippen molar-refractivity contribution in [1.29, 1.82) is 0 Å². The van der Waals surface area contributed by atoms with Crippen molar-refractivity contribution in [3.05, 3.63) is 107 Å². The molecule has 1 aliphatic heterocycles. The second-order valence-electron chi connectivity index (χ2n) is 9.68. The number of piperazine rings is 1. The first-order chi connectivity index (χ1) is 19.3. The number of hydrogen-bond donors (Lipinski definition) is 0. The highest BCUT2D eigenvalue weighted by Crippen LogP contribution is 2.33. The summed E-state index contributed by atoms with van der Waals surface area (Å²) in [6, 6.07) is 19.7. The number of carbonyl (C=O) groups is 1. The van der Waals surface area contributed by atoms with Crippen molar-refractivity contribution in [3.8, 4) is 22.4 Å². The van der Waals surface area contributed by atoms with Crippen LogP contribution in [0.15, 0.2) is 89.7 Å². The van der Waals surface area contributed by atoms with E-state index in [-0.39, 0.29) is 5.91 Å². The molecule has 0 saturated carbocycles. The van der Waals surface area contributed by atoms with E-state index in [0.29, 0.717) is 60.3 Å². The summed E-state index contributed by atoms with van der Waals surface area (Å²) in [6.45, 7) is 2.91. The zero-order chi connectivity index (χ0) is 27.9. The van der Waals surface area contributed by atoms with Gasteiger partial charge in [-0.05, 0) is 59.7 Å². The summed E-state index contributed by atoms with van der Waals surface area (Å²) in [5.74, 6) is 0.189. The Balaban J connectivity index is 1.34. The molecule has 2 aromatic carbocycles. The third kappa shape index (κ3) is 5.22. The molecule has 4 heterocycles. The number of fused-ring (bicyclic) bond motifs is 1. The summed E-state index contributed by atoms with van der Waals surface area (Å²) < 4.78 is 47.3. The van der Waals surface area contributed by atoms with Gasteiger partial charge in [-0.2, -0.15) is 13.2 Å². The van der Waals surface area contributed by atoms with Crippen molar-refractivity contribution in [1.82, 2.24) is 19.2 Å². The quantitative estimate of drug-likeness (QED) is 0.233. The molecular formula is C30H24ClF3N4O2. The van der Waals surface area contributed by atoms with Gasteiger partial charge >= 0.3 is 6.18 Å². The average Bonchev–Trinajstić information content (AvgIpc) is 3.62. The second kappa shape index (κ2) is 10.5. The number of benzene rings is 2. The van der Waals surface area contributed by atoms with Crippen LogP contribution in [0.2, 0.25) is 5.02 Å². The maximum atomic E-state index is 13.4. The molecule has 1 fully saturated rings. The monoisotopic (exact) mass is 564 g/mol. The lowest BCUT2D eigenvalue weighted by Crippen LogP contribution is -2.48. The summed E-state index contributed by atoms with van der Waals surface area (Å²) in [5.41, 5.74) is 3.66. The van der Waals surface area contributed by atoms with Gasteiger partial charge in [-0.1, -0.05) is 35.9 Å².